The van der Waals surface area contributed by atoms with E-state index in [1.807, 2.05) is 0 Å². The van der Waals surface area contributed by atoms with Gasteiger partial charge in [-0.15, -0.1) is 0 Å². The van der Waals surface area contributed by atoms with Crippen LogP contribution in [-0.2, 0) is 9.47 Å². The molecule has 0 aromatic carbocycles. The van der Waals surface area contributed by atoms with Gasteiger partial charge in [-0.3, -0.25) is 0 Å². The van der Waals surface area contributed by atoms with Gasteiger partial charge in [-0.2, -0.15) is 0 Å². The predicted octanol–water partition coefficient (Wildman–Crippen LogP) is 6.97. The Balaban J connectivity index is 1.32. The first-order valence-electron chi connectivity index (χ1n) is 12.0. The molecule has 2 aliphatic carbocycles. The first-order valence-corrected chi connectivity index (χ1v) is 12.0. The number of rotatable bonds is 8. The molecule has 1 saturated heterocycles. The van der Waals surface area contributed by atoms with Gasteiger partial charge >= 0.3 is 0 Å². The van der Waals surface area contributed by atoms with Crippen LogP contribution < -0.4 is 0 Å². The fraction of sp³-hybridized carbons (Fsp3) is 1.00. The van der Waals surface area contributed by atoms with E-state index in [-0.39, 0.29) is 6.29 Å². The predicted molar refractivity (Wildman–Crippen MR) is 109 cm³/mol. The van der Waals surface area contributed by atoms with Crippen LogP contribution in [0, 0.1) is 29.6 Å². The van der Waals surface area contributed by atoms with Crippen molar-refractivity contribution in [2.75, 3.05) is 13.2 Å². The van der Waals surface area contributed by atoms with Crippen molar-refractivity contribution in [2.24, 2.45) is 29.6 Å². The lowest BCUT2D eigenvalue weighted by molar-refractivity contribution is -0.230. The summed E-state index contributed by atoms with van der Waals surface area (Å²) in [6, 6.07) is 0. The number of ether oxygens (including phenoxy) is 2. The van der Waals surface area contributed by atoms with E-state index < -0.39 is 0 Å². The number of hydrogen-bond acceptors (Lipinski definition) is 2. The lowest BCUT2D eigenvalue weighted by Gasteiger charge is -2.41. The maximum Gasteiger partial charge on any atom is 0.160 e. The molecule has 2 heteroatoms. The van der Waals surface area contributed by atoms with Gasteiger partial charge in [0, 0.05) is 11.8 Å². The number of hydrogen-bond donors (Lipinski definition) is 0. The molecular formula is C24H44O2. The van der Waals surface area contributed by atoms with Gasteiger partial charge in [0.05, 0.1) is 13.2 Å². The van der Waals surface area contributed by atoms with Crippen LogP contribution in [0.2, 0.25) is 0 Å². The second-order valence-electron chi connectivity index (χ2n) is 9.64. The normalized spacial score (nSPS) is 39.0. The van der Waals surface area contributed by atoms with Gasteiger partial charge in [0.15, 0.2) is 6.29 Å². The van der Waals surface area contributed by atoms with Gasteiger partial charge < -0.3 is 9.47 Å². The molecule has 1 aliphatic heterocycles. The van der Waals surface area contributed by atoms with Crippen LogP contribution in [0.3, 0.4) is 0 Å². The summed E-state index contributed by atoms with van der Waals surface area (Å²) in [6.45, 7) is 6.44. The van der Waals surface area contributed by atoms with E-state index in [9.17, 15) is 0 Å². The van der Waals surface area contributed by atoms with Crippen molar-refractivity contribution in [2.45, 2.75) is 110 Å². The molecule has 3 aliphatic rings. The quantitative estimate of drug-likeness (QED) is 0.433. The summed E-state index contributed by atoms with van der Waals surface area (Å²) in [7, 11) is 0. The van der Waals surface area contributed by atoms with Crippen molar-refractivity contribution in [3.05, 3.63) is 0 Å². The summed E-state index contributed by atoms with van der Waals surface area (Å²) >= 11 is 0. The van der Waals surface area contributed by atoms with Gasteiger partial charge in [-0.05, 0) is 62.7 Å². The monoisotopic (exact) mass is 364 g/mol. The molecule has 0 amide bonds. The molecule has 3 rings (SSSR count). The Labute approximate surface area is 162 Å². The highest BCUT2D eigenvalue weighted by Crippen LogP contribution is 2.43. The van der Waals surface area contributed by atoms with Crippen molar-refractivity contribution < 1.29 is 9.47 Å². The van der Waals surface area contributed by atoms with Crippen LogP contribution in [0.5, 0.6) is 0 Å². The molecule has 0 aromatic heterocycles. The molecule has 0 radical (unpaired) electrons. The second-order valence-corrected chi connectivity index (χ2v) is 9.64. The Kier molecular flexibility index (Phi) is 8.78. The zero-order valence-electron chi connectivity index (χ0n) is 17.6. The van der Waals surface area contributed by atoms with Gasteiger partial charge in [0.2, 0.25) is 0 Å². The summed E-state index contributed by atoms with van der Waals surface area (Å²) < 4.78 is 12.2. The Morgan fingerprint density at radius 1 is 0.577 bits per heavy atom. The smallest absolute Gasteiger partial charge is 0.160 e. The van der Waals surface area contributed by atoms with Crippen LogP contribution in [0.25, 0.3) is 0 Å². The van der Waals surface area contributed by atoms with E-state index in [4.69, 9.17) is 9.47 Å². The van der Waals surface area contributed by atoms with E-state index in [2.05, 4.69) is 13.8 Å². The Hall–Kier alpha value is -0.0800. The average molecular weight is 365 g/mol. The summed E-state index contributed by atoms with van der Waals surface area (Å²) in [5.41, 5.74) is 0. The standard InChI is InChI=1S/C24H44O2/c1-3-5-6-8-19-9-11-21(12-10-19)22-13-15-23(16-14-22)24-25-17-20(7-4-2)18-26-24/h19-24H,3-18H2,1-2H3. The molecule has 0 atom stereocenters. The van der Waals surface area contributed by atoms with Crippen molar-refractivity contribution in [3.63, 3.8) is 0 Å². The Morgan fingerprint density at radius 2 is 1.15 bits per heavy atom. The molecule has 2 saturated carbocycles. The van der Waals surface area contributed by atoms with Crippen molar-refractivity contribution in [3.8, 4) is 0 Å². The highest BCUT2D eigenvalue weighted by Gasteiger charge is 2.35. The van der Waals surface area contributed by atoms with E-state index in [0.717, 1.165) is 31.0 Å². The van der Waals surface area contributed by atoms with Gasteiger partial charge in [0.25, 0.3) is 0 Å². The molecule has 0 N–H and O–H groups in total. The third-order valence-electron chi connectivity index (χ3n) is 7.66. The van der Waals surface area contributed by atoms with E-state index in [1.54, 1.807) is 0 Å². The van der Waals surface area contributed by atoms with Crippen LogP contribution >= 0.6 is 0 Å². The molecule has 0 spiro atoms. The van der Waals surface area contributed by atoms with Crippen LogP contribution in [-0.4, -0.2) is 19.5 Å². The maximum absolute atomic E-state index is 6.10. The summed E-state index contributed by atoms with van der Waals surface area (Å²) in [5.74, 6) is 4.38. The minimum Gasteiger partial charge on any atom is -0.352 e. The van der Waals surface area contributed by atoms with E-state index in [0.29, 0.717) is 11.8 Å². The molecule has 152 valence electrons. The fourth-order valence-electron chi connectivity index (χ4n) is 5.93. The molecule has 0 aromatic rings. The third kappa shape index (κ3) is 5.96. The topological polar surface area (TPSA) is 18.5 Å². The summed E-state index contributed by atoms with van der Waals surface area (Å²) in [5, 5.41) is 0. The summed E-state index contributed by atoms with van der Waals surface area (Å²) in [6.07, 6.45) is 20.0. The third-order valence-corrected chi connectivity index (χ3v) is 7.66. The molecule has 0 bridgehead atoms. The zero-order valence-corrected chi connectivity index (χ0v) is 17.6. The Bertz CT molecular complexity index is 358. The minimum absolute atomic E-state index is 0.110. The highest BCUT2D eigenvalue weighted by atomic mass is 16.7. The molecule has 2 nitrogen and oxygen atoms in total. The maximum atomic E-state index is 6.10. The molecular weight excluding hydrogens is 320 g/mol. The SMILES string of the molecule is CCCCCC1CCC(C2CCC(C3OCC(CCC)CO3)CC2)CC1. The minimum atomic E-state index is 0.110. The van der Waals surface area contributed by atoms with E-state index in [1.165, 1.54) is 89.9 Å². The lowest BCUT2D eigenvalue weighted by atomic mass is 9.68. The summed E-state index contributed by atoms with van der Waals surface area (Å²) in [4.78, 5) is 0. The van der Waals surface area contributed by atoms with Crippen LogP contribution in [0.4, 0.5) is 0 Å². The Morgan fingerprint density at radius 3 is 1.73 bits per heavy atom. The van der Waals surface area contributed by atoms with Crippen molar-refractivity contribution in [1.82, 2.24) is 0 Å². The van der Waals surface area contributed by atoms with Crippen molar-refractivity contribution in [1.29, 1.82) is 0 Å². The van der Waals surface area contributed by atoms with Crippen LogP contribution in [0.15, 0.2) is 0 Å². The molecule has 1 heterocycles. The largest absolute Gasteiger partial charge is 0.352 e. The zero-order chi connectivity index (χ0) is 18.2. The molecule has 26 heavy (non-hydrogen) atoms. The first-order chi connectivity index (χ1) is 12.8. The number of unbranched alkanes of at least 4 members (excludes halogenated alkanes) is 2. The van der Waals surface area contributed by atoms with Crippen molar-refractivity contribution >= 4 is 0 Å². The van der Waals surface area contributed by atoms with Gasteiger partial charge in [0.1, 0.15) is 0 Å². The first kappa shape index (κ1) is 20.6. The lowest BCUT2D eigenvalue weighted by Crippen LogP contribution is -2.39. The molecule has 0 unspecified atom stereocenters. The second kappa shape index (κ2) is 11.1. The van der Waals surface area contributed by atoms with E-state index >= 15 is 0 Å². The van der Waals surface area contributed by atoms with Gasteiger partial charge in [-0.1, -0.05) is 58.8 Å². The van der Waals surface area contributed by atoms with Crippen LogP contribution in [0.1, 0.15) is 104 Å². The fourth-order valence-corrected chi connectivity index (χ4v) is 5.93. The average Bonchev–Trinajstić information content (AvgIpc) is 2.70. The highest BCUT2D eigenvalue weighted by molar-refractivity contribution is 4.83. The van der Waals surface area contributed by atoms with Gasteiger partial charge in [-0.25, -0.2) is 0 Å². The molecule has 3 fully saturated rings.